The van der Waals surface area contributed by atoms with Gasteiger partial charge in [0.05, 0.1) is 0 Å². The summed E-state index contributed by atoms with van der Waals surface area (Å²) in [5.41, 5.74) is 10.4. The van der Waals surface area contributed by atoms with Gasteiger partial charge in [-0.2, -0.15) is 0 Å². The van der Waals surface area contributed by atoms with Gasteiger partial charge in [0.2, 0.25) is 0 Å². The second-order valence-electron chi connectivity index (χ2n) is 8.79. The maximum absolute atomic E-state index is 3.60. The van der Waals surface area contributed by atoms with Gasteiger partial charge in [-0.15, -0.1) is 0 Å². The van der Waals surface area contributed by atoms with E-state index in [9.17, 15) is 0 Å². The number of nitrogens with zero attached hydrogens (tertiary/aromatic N) is 1. The van der Waals surface area contributed by atoms with Gasteiger partial charge >= 0.3 is 0 Å². The second kappa shape index (κ2) is 8.23. The monoisotopic (exact) mass is 421 g/mol. The molecule has 0 aliphatic rings. The Morgan fingerprint density at radius 3 is 1.62 bits per heavy atom. The van der Waals surface area contributed by atoms with Crippen molar-refractivity contribution in [1.82, 2.24) is 9.97 Å². The number of H-pyrrole nitrogens is 2. The first-order chi connectivity index (χ1) is 15.6. The lowest BCUT2D eigenvalue weighted by atomic mass is 9.84. The predicted octanol–water partition coefficient (Wildman–Crippen LogP) is 7.02. The average molecular weight is 422 g/mol. The van der Waals surface area contributed by atoms with E-state index < -0.39 is 0 Å². The maximum atomic E-state index is 3.60. The molecular formula is C29H31N3. The van der Waals surface area contributed by atoms with Crippen LogP contribution in [0.2, 0.25) is 0 Å². The summed E-state index contributed by atoms with van der Waals surface area (Å²) in [4.78, 5) is 9.35. The molecule has 0 unspecified atom stereocenters. The number of hydrogen-bond donors (Lipinski definition) is 2. The van der Waals surface area contributed by atoms with Gasteiger partial charge in [0.25, 0.3) is 0 Å². The number of para-hydroxylation sites is 2. The Morgan fingerprint density at radius 2 is 1.19 bits per heavy atom. The molecule has 2 aromatic heterocycles. The molecule has 2 N–H and O–H groups in total. The van der Waals surface area contributed by atoms with Crippen molar-refractivity contribution >= 4 is 27.5 Å². The second-order valence-corrected chi connectivity index (χ2v) is 8.79. The summed E-state index contributed by atoms with van der Waals surface area (Å²) in [6.07, 6.45) is 6.48. The van der Waals surface area contributed by atoms with Gasteiger partial charge in [-0.1, -0.05) is 62.4 Å². The molecule has 0 radical (unpaired) electrons. The number of nitrogens with one attached hydrogen (secondary N) is 2. The van der Waals surface area contributed by atoms with Gasteiger partial charge in [0, 0.05) is 59.9 Å². The van der Waals surface area contributed by atoms with Crippen LogP contribution in [0.25, 0.3) is 21.8 Å². The Balaban J connectivity index is 1.76. The highest BCUT2D eigenvalue weighted by Crippen LogP contribution is 2.40. The highest BCUT2D eigenvalue weighted by Gasteiger charge is 2.24. The number of aromatic nitrogens is 2. The van der Waals surface area contributed by atoms with Crippen molar-refractivity contribution in [3.63, 3.8) is 0 Å². The molecule has 0 saturated heterocycles. The van der Waals surface area contributed by atoms with Crippen LogP contribution in [0.3, 0.4) is 0 Å². The number of benzene rings is 3. The van der Waals surface area contributed by atoms with Crippen molar-refractivity contribution in [2.24, 2.45) is 0 Å². The Hall–Kier alpha value is -3.46. The molecule has 0 aliphatic carbocycles. The zero-order chi connectivity index (χ0) is 22.2. The minimum atomic E-state index is 0.146. The molecule has 0 atom stereocenters. The van der Waals surface area contributed by atoms with E-state index in [4.69, 9.17) is 0 Å². The summed E-state index contributed by atoms with van der Waals surface area (Å²) >= 11 is 0. The van der Waals surface area contributed by atoms with Crippen LogP contribution in [0.4, 0.5) is 5.69 Å². The lowest BCUT2D eigenvalue weighted by Crippen LogP contribution is -2.09. The third-order valence-electron chi connectivity index (χ3n) is 6.79. The van der Waals surface area contributed by atoms with Crippen molar-refractivity contribution in [2.45, 2.75) is 32.6 Å². The molecule has 5 rings (SSSR count). The smallest absolute Gasteiger partial charge is 0.0489 e. The lowest BCUT2D eigenvalue weighted by molar-refractivity contribution is 0.995. The minimum absolute atomic E-state index is 0.146. The van der Waals surface area contributed by atoms with Gasteiger partial charge < -0.3 is 14.9 Å². The SMILES string of the molecule is CCc1cccc2c(C(c3ccc(N(C)C)cc3)c3c[nH]c4c(CC)cccc34)c[nH]c12. The highest BCUT2D eigenvalue weighted by molar-refractivity contribution is 5.91. The van der Waals surface area contributed by atoms with Gasteiger partial charge in [-0.3, -0.25) is 0 Å². The molecule has 0 bridgehead atoms. The Bertz CT molecular complexity index is 1290. The summed E-state index contributed by atoms with van der Waals surface area (Å²) in [5, 5.41) is 2.62. The summed E-state index contributed by atoms with van der Waals surface area (Å²) in [5.74, 6) is 0.146. The number of aromatic amines is 2. The molecule has 0 aliphatic heterocycles. The van der Waals surface area contributed by atoms with E-state index in [0.717, 1.165) is 12.8 Å². The number of hydrogen-bond acceptors (Lipinski definition) is 1. The summed E-state index contributed by atoms with van der Waals surface area (Å²) < 4.78 is 0. The van der Waals surface area contributed by atoms with Crippen LogP contribution >= 0.6 is 0 Å². The molecule has 0 amide bonds. The zero-order valence-electron chi connectivity index (χ0n) is 19.4. The molecular weight excluding hydrogens is 390 g/mol. The minimum Gasteiger partial charge on any atom is -0.378 e. The first kappa shape index (κ1) is 20.4. The van der Waals surface area contributed by atoms with Gasteiger partial charge in [-0.05, 0) is 52.8 Å². The molecule has 3 nitrogen and oxygen atoms in total. The molecule has 3 aromatic carbocycles. The van der Waals surface area contributed by atoms with E-state index in [1.807, 2.05) is 0 Å². The Kier molecular flexibility index (Phi) is 5.26. The molecule has 2 heterocycles. The standard InChI is InChI=1S/C29H31N3/c1-5-19-9-7-11-23-25(17-30-28(19)23)27(21-13-15-22(16-14-21)32(3)4)26-18-31-29-20(6-2)10-8-12-24(26)29/h7-18,27,30-31H,5-6H2,1-4H3. The first-order valence-corrected chi connectivity index (χ1v) is 11.6. The topological polar surface area (TPSA) is 34.8 Å². The summed E-state index contributed by atoms with van der Waals surface area (Å²) in [7, 11) is 4.18. The molecule has 0 fully saturated rings. The van der Waals surface area contributed by atoms with Crippen molar-refractivity contribution in [3.05, 3.63) is 101 Å². The highest BCUT2D eigenvalue weighted by atomic mass is 15.1. The van der Waals surface area contributed by atoms with Crippen LogP contribution in [0.1, 0.15) is 47.6 Å². The van der Waals surface area contributed by atoms with Gasteiger partial charge in [0.15, 0.2) is 0 Å². The van der Waals surface area contributed by atoms with Gasteiger partial charge in [0.1, 0.15) is 0 Å². The fraction of sp³-hybridized carbons (Fsp3) is 0.241. The molecule has 3 heteroatoms. The average Bonchev–Trinajstić information content (AvgIpc) is 3.45. The summed E-state index contributed by atoms with van der Waals surface area (Å²) in [6, 6.07) is 22.4. The molecule has 162 valence electrons. The largest absolute Gasteiger partial charge is 0.378 e. The van der Waals surface area contributed by atoms with Crippen LogP contribution in [0, 0.1) is 0 Å². The van der Waals surface area contributed by atoms with Crippen LogP contribution in [0.5, 0.6) is 0 Å². The fourth-order valence-electron chi connectivity index (χ4n) is 5.04. The van der Waals surface area contributed by atoms with E-state index in [1.165, 1.54) is 55.3 Å². The van der Waals surface area contributed by atoms with E-state index >= 15 is 0 Å². The van der Waals surface area contributed by atoms with E-state index in [2.05, 4.69) is 116 Å². The normalized spacial score (nSPS) is 11.7. The molecule has 0 saturated carbocycles. The van der Waals surface area contributed by atoms with Crippen molar-refractivity contribution in [3.8, 4) is 0 Å². The van der Waals surface area contributed by atoms with E-state index in [1.54, 1.807) is 0 Å². The first-order valence-electron chi connectivity index (χ1n) is 11.6. The van der Waals surface area contributed by atoms with E-state index in [0.29, 0.717) is 0 Å². The summed E-state index contributed by atoms with van der Waals surface area (Å²) in [6.45, 7) is 4.44. The number of aryl methyl sites for hydroxylation is 2. The number of rotatable bonds is 6. The lowest BCUT2D eigenvalue weighted by Gasteiger charge is -2.19. The fourth-order valence-corrected chi connectivity index (χ4v) is 5.04. The van der Waals surface area contributed by atoms with Crippen LogP contribution in [-0.4, -0.2) is 24.1 Å². The van der Waals surface area contributed by atoms with Gasteiger partial charge in [-0.25, -0.2) is 0 Å². The molecule has 0 spiro atoms. The van der Waals surface area contributed by atoms with Crippen LogP contribution in [0.15, 0.2) is 73.1 Å². The Labute approximate surface area is 190 Å². The van der Waals surface area contributed by atoms with Crippen LogP contribution in [-0.2, 0) is 12.8 Å². The number of anilines is 1. The third kappa shape index (κ3) is 3.29. The maximum Gasteiger partial charge on any atom is 0.0489 e. The zero-order valence-corrected chi connectivity index (χ0v) is 19.4. The Morgan fingerprint density at radius 1 is 0.688 bits per heavy atom. The molecule has 5 aromatic rings. The van der Waals surface area contributed by atoms with Crippen molar-refractivity contribution in [2.75, 3.05) is 19.0 Å². The predicted molar refractivity (Wildman–Crippen MR) is 137 cm³/mol. The van der Waals surface area contributed by atoms with Crippen molar-refractivity contribution < 1.29 is 0 Å². The number of fused-ring (bicyclic) bond motifs is 2. The quantitative estimate of drug-likeness (QED) is 0.303. The van der Waals surface area contributed by atoms with Crippen LogP contribution < -0.4 is 4.90 Å². The molecule has 32 heavy (non-hydrogen) atoms. The van der Waals surface area contributed by atoms with E-state index in [-0.39, 0.29) is 5.92 Å². The van der Waals surface area contributed by atoms with Crippen molar-refractivity contribution in [1.29, 1.82) is 0 Å². The third-order valence-corrected chi connectivity index (χ3v) is 6.79.